The summed E-state index contributed by atoms with van der Waals surface area (Å²) in [5.74, 6) is 1.46. The minimum Gasteiger partial charge on any atom is -0.381 e. The van der Waals surface area contributed by atoms with Gasteiger partial charge in [-0.05, 0) is 33.9 Å². The molecule has 0 amide bonds. The number of aromatic nitrogens is 2. The van der Waals surface area contributed by atoms with Crippen molar-refractivity contribution in [2.75, 3.05) is 39.2 Å². The fourth-order valence-corrected chi connectivity index (χ4v) is 2.64. The maximum absolute atomic E-state index is 5.95. The van der Waals surface area contributed by atoms with Crippen molar-refractivity contribution in [3.63, 3.8) is 0 Å². The van der Waals surface area contributed by atoms with E-state index in [2.05, 4.69) is 34.3 Å². The lowest BCUT2D eigenvalue weighted by molar-refractivity contribution is -0.000667. The standard InChI is InChI=1S/C13H21ClN4O/c1-10-16-11(14)8-12(17-10)15-9-13(18(2)3)4-6-19-7-5-13/h8H,4-7,9H2,1-3H3,(H,15,16,17). The van der Waals surface area contributed by atoms with Gasteiger partial charge in [0, 0.05) is 31.4 Å². The highest BCUT2D eigenvalue weighted by Crippen LogP contribution is 2.26. The van der Waals surface area contributed by atoms with Crippen LogP contribution in [0.1, 0.15) is 18.7 Å². The summed E-state index contributed by atoms with van der Waals surface area (Å²) in [6.07, 6.45) is 2.04. The molecule has 0 aromatic carbocycles. The number of ether oxygens (including phenoxy) is 1. The van der Waals surface area contributed by atoms with Gasteiger partial charge in [-0.3, -0.25) is 0 Å². The minimum absolute atomic E-state index is 0.115. The Bertz CT molecular complexity index is 412. The molecule has 1 saturated heterocycles. The largest absolute Gasteiger partial charge is 0.381 e. The van der Waals surface area contributed by atoms with Crippen LogP contribution < -0.4 is 5.32 Å². The zero-order valence-electron chi connectivity index (χ0n) is 11.7. The third-order valence-electron chi connectivity index (χ3n) is 3.78. The maximum Gasteiger partial charge on any atom is 0.134 e. The van der Waals surface area contributed by atoms with E-state index in [1.807, 2.05) is 6.92 Å². The smallest absolute Gasteiger partial charge is 0.134 e. The van der Waals surface area contributed by atoms with E-state index in [0.29, 0.717) is 11.0 Å². The van der Waals surface area contributed by atoms with E-state index in [4.69, 9.17) is 16.3 Å². The molecule has 1 aromatic rings. The highest BCUT2D eigenvalue weighted by atomic mass is 35.5. The Morgan fingerprint density at radius 2 is 2.05 bits per heavy atom. The lowest BCUT2D eigenvalue weighted by Gasteiger charge is -2.43. The maximum atomic E-state index is 5.95. The topological polar surface area (TPSA) is 50.3 Å². The van der Waals surface area contributed by atoms with Crippen LogP contribution in [-0.4, -0.2) is 54.3 Å². The van der Waals surface area contributed by atoms with Crippen LogP contribution >= 0.6 is 11.6 Å². The molecule has 106 valence electrons. The first-order chi connectivity index (χ1) is 9.02. The zero-order chi connectivity index (χ0) is 13.9. The second-order valence-corrected chi connectivity index (χ2v) is 5.60. The Morgan fingerprint density at radius 3 is 2.63 bits per heavy atom. The van der Waals surface area contributed by atoms with Gasteiger partial charge < -0.3 is 15.0 Å². The van der Waals surface area contributed by atoms with Crippen molar-refractivity contribution in [3.05, 3.63) is 17.0 Å². The number of hydrogen-bond acceptors (Lipinski definition) is 5. The Morgan fingerprint density at radius 1 is 1.37 bits per heavy atom. The molecule has 1 N–H and O–H groups in total. The monoisotopic (exact) mass is 284 g/mol. The fourth-order valence-electron chi connectivity index (χ4n) is 2.41. The summed E-state index contributed by atoms with van der Waals surface area (Å²) in [4.78, 5) is 10.7. The Labute approximate surface area is 119 Å². The van der Waals surface area contributed by atoms with Crippen LogP contribution in [0.15, 0.2) is 6.07 Å². The summed E-state index contributed by atoms with van der Waals surface area (Å²) in [6, 6.07) is 1.76. The molecule has 0 aliphatic carbocycles. The minimum atomic E-state index is 0.115. The first-order valence-electron chi connectivity index (χ1n) is 6.52. The first kappa shape index (κ1) is 14.5. The Hall–Kier alpha value is -0.910. The van der Waals surface area contributed by atoms with Crippen molar-refractivity contribution in [2.45, 2.75) is 25.3 Å². The molecule has 2 rings (SSSR count). The van der Waals surface area contributed by atoms with Crippen molar-refractivity contribution < 1.29 is 4.74 Å². The fraction of sp³-hybridized carbons (Fsp3) is 0.692. The second-order valence-electron chi connectivity index (χ2n) is 5.21. The Kier molecular flexibility index (Phi) is 4.60. The number of rotatable bonds is 4. The van der Waals surface area contributed by atoms with Crippen molar-refractivity contribution >= 4 is 17.4 Å². The van der Waals surface area contributed by atoms with Gasteiger partial charge in [-0.2, -0.15) is 0 Å². The summed E-state index contributed by atoms with van der Waals surface area (Å²) in [6.45, 7) is 4.29. The predicted octanol–water partition coefficient (Wildman–Crippen LogP) is 1.96. The van der Waals surface area contributed by atoms with Crippen LogP contribution in [0.5, 0.6) is 0 Å². The van der Waals surface area contributed by atoms with Crippen LogP contribution in [0.2, 0.25) is 5.15 Å². The first-order valence-corrected chi connectivity index (χ1v) is 6.90. The number of nitrogens with one attached hydrogen (secondary N) is 1. The lowest BCUT2D eigenvalue weighted by Crippen LogP contribution is -2.53. The van der Waals surface area contributed by atoms with Gasteiger partial charge in [0.15, 0.2) is 0 Å². The van der Waals surface area contributed by atoms with E-state index in [0.717, 1.165) is 38.4 Å². The number of likely N-dealkylation sites (N-methyl/N-ethyl adjacent to an activating group) is 1. The van der Waals surface area contributed by atoms with Crippen LogP contribution in [0, 0.1) is 6.92 Å². The SMILES string of the molecule is Cc1nc(Cl)cc(NCC2(N(C)C)CCOCC2)n1. The molecule has 0 atom stereocenters. The van der Waals surface area contributed by atoms with Crippen LogP contribution in [0.4, 0.5) is 5.82 Å². The predicted molar refractivity (Wildman–Crippen MR) is 76.7 cm³/mol. The average Bonchev–Trinajstić information content (AvgIpc) is 2.36. The van der Waals surface area contributed by atoms with Crippen molar-refractivity contribution in [2.24, 2.45) is 0 Å². The molecule has 0 spiro atoms. The van der Waals surface area contributed by atoms with Gasteiger partial charge >= 0.3 is 0 Å². The molecule has 0 bridgehead atoms. The third-order valence-corrected chi connectivity index (χ3v) is 3.97. The van der Waals surface area contributed by atoms with Crippen LogP contribution in [0.25, 0.3) is 0 Å². The Balaban J connectivity index is 2.06. The molecule has 5 nitrogen and oxygen atoms in total. The van der Waals surface area contributed by atoms with E-state index in [-0.39, 0.29) is 5.54 Å². The molecular weight excluding hydrogens is 264 g/mol. The summed E-state index contributed by atoms with van der Waals surface area (Å²) >= 11 is 5.95. The highest BCUT2D eigenvalue weighted by molar-refractivity contribution is 6.29. The van der Waals surface area contributed by atoms with E-state index in [1.54, 1.807) is 6.07 Å². The molecule has 0 unspecified atom stereocenters. The van der Waals surface area contributed by atoms with Crippen molar-refractivity contribution in [3.8, 4) is 0 Å². The highest BCUT2D eigenvalue weighted by Gasteiger charge is 2.34. The third kappa shape index (κ3) is 3.55. The van der Waals surface area contributed by atoms with E-state index >= 15 is 0 Å². The molecule has 1 fully saturated rings. The molecule has 6 heteroatoms. The lowest BCUT2D eigenvalue weighted by atomic mass is 9.88. The number of aryl methyl sites for hydroxylation is 1. The molecule has 19 heavy (non-hydrogen) atoms. The number of hydrogen-bond donors (Lipinski definition) is 1. The molecule has 1 aromatic heterocycles. The van der Waals surface area contributed by atoms with Gasteiger partial charge in [0.05, 0.1) is 0 Å². The summed E-state index contributed by atoms with van der Waals surface area (Å²) in [7, 11) is 4.23. The number of halogens is 1. The summed E-state index contributed by atoms with van der Waals surface area (Å²) in [5, 5.41) is 3.86. The van der Waals surface area contributed by atoms with Gasteiger partial charge in [-0.15, -0.1) is 0 Å². The van der Waals surface area contributed by atoms with Gasteiger partial charge in [-0.1, -0.05) is 11.6 Å². The van der Waals surface area contributed by atoms with Gasteiger partial charge in [0.25, 0.3) is 0 Å². The van der Waals surface area contributed by atoms with E-state index in [9.17, 15) is 0 Å². The molecule has 2 heterocycles. The van der Waals surface area contributed by atoms with Crippen LogP contribution in [0.3, 0.4) is 0 Å². The van der Waals surface area contributed by atoms with Crippen molar-refractivity contribution in [1.29, 1.82) is 0 Å². The van der Waals surface area contributed by atoms with Crippen molar-refractivity contribution in [1.82, 2.24) is 14.9 Å². The molecule has 1 aliphatic heterocycles. The molecule has 0 saturated carbocycles. The van der Waals surface area contributed by atoms with E-state index in [1.165, 1.54) is 0 Å². The van der Waals surface area contributed by atoms with Gasteiger partial charge in [0.2, 0.25) is 0 Å². The molecular formula is C13H21ClN4O. The quantitative estimate of drug-likeness (QED) is 0.857. The van der Waals surface area contributed by atoms with Gasteiger partial charge in [-0.25, -0.2) is 9.97 Å². The van der Waals surface area contributed by atoms with E-state index < -0.39 is 0 Å². The summed E-state index contributed by atoms with van der Waals surface area (Å²) in [5.41, 5.74) is 0.115. The second kappa shape index (κ2) is 6.03. The number of anilines is 1. The normalized spacial score (nSPS) is 18.6. The van der Waals surface area contributed by atoms with Crippen LogP contribution in [-0.2, 0) is 4.74 Å². The zero-order valence-corrected chi connectivity index (χ0v) is 12.5. The molecule has 0 radical (unpaired) electrons. The average molecular weight is 285 g/mol. The summed E-state index contributed by atoms with van der Waals surface area (Å²) < 4.78 is 5.46. The number of nitrogens with zero attached hydrogens (tertiary/aromatic N) is 3. The van der Waals surface area contributed by atoms with Gasteiger partial charge in [0.1, 0.15) is 16.8 Å². The molecule has 1 aliphatic rings.